The zero-order valence-corrected chi connectivity index (χ0v) is 12.1. The van der Waals surface area contributed by atoms with Crippen molar-refractivity contribution in [2.75, 3.05) is 13.1 Å². The molecule has 0 unspecified atom stereocenters. The van der Waals surface area contributed by atoms with Crippen molar-refractivity contribution in [3.8, 4) is 0 Å². The van der Waals surface area contributed by atoms with Crippen LogP contribution in [0.1, 0.15) is 11.1 Å². The Bertz CT molecular complexity index is 593. The standard InChI is InChI=1S/C16H15BrFN/c17-14-6-3-5-13(8-14)16(10-19-11-16)9-12-4-1-2-7-15(12)18/h1-8,19H,9-11H2. The van der Waals surface area contributed by atoms with E-state index in [2.05, 4.69) is 33.4 Å². The van der Waals surface area contributed by atoms with Gasteiger partial charge in [-0.15, -0.1) is 0 Å². The predicted octanol–water partition coefficient (Wildman–Crippen LogP) is 3.67. The van der Waals surface area contributed by atoms with Crippen LogP contribution in [0.15, 0.2) is 53.0 Å². The summed E-state index contributed by atoms with van der Waals surface area (Å²) in [5.74, 6) is -0.108. The van der Waals surface area contributed by atoms with Gasteiger partial charge in [-0.2, -0.15) is 0 Å². The van der Waals surface area contributed by atoms with Gasteiger partial charge in [0.2, 0.25) is 0 Å². The minimum atomic E-state index is -0.108. The van der Waals surface area contributed by atoms with E-state index in [1.807, 2.05) is 24.3 Å². The molecule has 0 radical (unpaired) electrons. The fraction of sp³-hybridized carbons (Fsp3) is 0.250. The van der Waals surface area contributed by atoms with Gasteiger partial charge in [-0.25, -0.2) is 4.39 Å². The lowest BCUT2D eigenvalue weighted by atomic mass is 9.71. The number of hydrogen-bond donors (Lipinski definition) is 1. The Labute approximate surface area is 121 Å². The molecular weight excluding hydrogens is 305 g/mol. The second-order valence-electron chi connectivity index (χ2n) is 5.16. The van der Waals surface area contributed by atoms with E-state index < -0.39 is 0 Å². The van der Waals surface area contributed by atoms with Crippen molar-refractivity contribution in [2.24, 2.45) is 0 Å². The molecule has 3 heteroatoms. The molecule has 0 saturated carbocycles. The normalized spacial score (nSPS) is 16.9. The molecule has 0 aromatic heterocycles. The molecule has 0 amide bonds. The van der Waals surface area contributed by atoms with E-state index in [1.54, 1.807) is 6.07 Å². The molecule has 3 rings (SSSR count). The summed E-state index contributed by atoms with van der Waals surface area (Å²) in [6.45, 7) is 1.80. The SMILES string of the molecule is Fc1ccccc1CC1(c2cccc(Br)c2)CNC1. The molecule has 0 atom stereocenters. The van der Waals surface area contributed by atoms with E-state index >= 15 is 0 Å². The highest BCUT2D eigenvalue weighted by molar-refractivity contribution is 9.10. The quantitative estimate of drug-likeness (QED) is 0.910. The molecule has 0 spiro atoms. The minimum Gasteiger partial charge on any atom is -0.315 e. The van der Waals surface area contributed by atoms with Gasteiger partial charge >= 0.3 is 0 Å². The van der Waals surface area contributed by atoms with E-state index in [1.165, 1.54) is 11.6 Å². The van der Waals surface area contributed by atoms with Gasteiger partial charge in [0, 0.05) is 23.0 Å². The van der Waals surface area contributed by atoms with Crippen LogP contribution >= 0.6 is 15.9 Å². The average Bonchev–Trinajstić information content (AvgIpc) is 2.36. The molecular formula is C16H15BrFN. The van der Waals surface area contributed by atoms with Crippen molar-refractivity contribution in [3.05, 3.63) is 69.9 Å². The average molecular weight is 320 g/mol. The number of benzene rings is 2. The molecule has 2 aromatic carbocycles. The molecule has 1 N–H and O–H groups in total. The van der Waals surface area contributed by atoms with Crippen LogP contribution in [-0.2, 0) is 11.8 Å². The van der Waals surface area contributed by atoms with Crippen LogP contribution in [0, 0.1) is 5.82 Å². The fourth-order valence-corrected chi connectivity index (χ4v) is 3.08. The first-order valence-electron chi connectivity index (χ1n) is 6.40. The molecule has 2 aromatic rings. The first-order chi connectivity index (χ1) is 9.20. The number of halogens is 2. The number of hydrogen-bond acceptors (Lipinski definition) is 1. The van der Waals surface area contributed by atoms with Crippen molar-refractivity contribution in [1.29, 1.82) is 0 Å². The summed E-state index contributed by atoms with van der Waals surface area (Å²) in [7, 11) is 0. The topological polar surface area (TPSA) is 12.0 Å². The van der Waals surface area contributed by atoms with E-state index in [0.717, 1.165) is 29.5 Å². The summed E-state index contributed by atoms with van der Waals surface area (Å²) in [5.41, 5.74) is 2.08. The Morgan fingerprint density at radius 3 is 2.53 bits per heavy atom. The Hall–Kier alpha value is -1.19. The molecule has 0 bridgehead atoms. The van der Waals surface area contributed by atoms with Gasteiger partial charge in [-0.1, -0.05) is 46.3 Å². The Morgan fingerprint density at radius 2 is 1.89 bits per heavy atom. The van der Waals surface area contributed by atoms with E-state index in [-0.39, 0.29) is 11.2 Å². The van der Waals surface area contributed by atoms with E-state index in [9.17, 15) is 4.39 Å². The Morgan fingerprint density at radius 1 is 1.11 bits per heavy atom. The summed E-state index contributed by atoms with van der Waals surface area (Å²) >= 11 is 3.51. The van der Waals surface area contributed by atoms with Crippen LogP contribution < -0.4 is 5.32 Å². The molecule has 1 nitrogen and oxygen atoms in total. The number of nitrogens with one attached hydrogen (secondary N) is 1. The van der Waals surface area contributed by atoms with Crippen LogP contribution in [0.25, 0.3) is 0 Å². The van der Waals surface area contributed by atoms with Crippen molar-refractivity contribution >= 4 is 15.9 Å². The third kappa shape index (κ3) is 2.45. The van der Waals surface area contributed by atoms with Crippen LogP contribution in [0.5, 0.6) is 0 Å². The Balaban J connectivity index is 1.94. The molecule has 1 saturated heterocycles. The maximum absolute atomic E-state index is 13.8. The highest BCUT2D eigenvalue weighted by atomic mass is 79.9. The first-order valence-corrected chi connectivity index (χ1v) is 7.19. The molecule has 1 heterocycles. The van der Waals surface area contributed by atoms with Gasteiger partial charge in [0.05, 0.1) is 0 Å². The molecule has 19 heavy (non-hydrogen) atoms. The minimum absolute atomic E-state index is 0.0198. The molecule has 98 valence electrons. The zero-order chi connectivity index (χ0) is 13.3. The summed E-state index contributed by atoms with van der Waals surface area (Å²) < 4.78 is 14.9. The van der Waals surface area contributed by atoms with Crippen LogP contribution in [-0.4, -0.2) is 13.1 Å². The van der Waals surface area contributed by atoms with Crippen LogP contribution in [0.4, 0.5) is 4.39 Å². The van der Waals surface area contributed by atoms with Gasteiger partial charge in [-0.05, 0) is 35.7 Å². The largest absolute Gasteiger partial charge is 0.315 e. The summed E-state index contributed by atoms with van der Waals surface area (Å²) in [6, 6.07) is 15.4. The third-order valence-electron chi connectivity index (χ3n) is 3.85. The van der Waals surface area contributed by atoms with E-state index in [0.29, 0.717) is 0 Å². The van der Waals surface area contributed by atoms with Gasteiger partial charge in [0.15, 0.2) is 0 Å². The highest BCUT2D eigenvalue weighted by Gasteiger charge is 2.39. The van der Waals surface area contributed by atoms with Gasteiger partial charge in [0.25, 0.3) is 0 Å². The smallest absolute Gasteiger partial charge is 0.126 e. The highest BCUT2D eigenvalue weighted by Crippen LogP contribution is 2.34. The first kappa shape index (κ1) is 12.8. The molecule has 1 aliphatic rings. The molecule has 1 fully saturated rings. The lowest BCUT2D eigenvalue weighted by Crippen LogP contribution is -2.58. The molecule has 1 aliphatic heterocycles. The van der Waals surface area contributed by atoms with Crippen LogP contribution in [0.3, 0.4) is 0 Å². The monoisotopic (exact) mass is 319 g/mol. The predicted molar refractivity (Wildman–Crippen MR) is 78.8 cm³/mol. The van der Waals surface area contributed by atoms with Crippen molar-refractivity contribution in [3.63, 3.8) is 0 Å². The van der Waals surface area contributed by atoms with E-state index in [4.69, 9.17) is 0 Å². The maximum atomic E-state index is 13.8. The van der Waals surface area contributed by atoms with Crippen molar-refractivity contribution in [1.82, 2.24) is 5.32 Å². The van der Waals surface area contributed by atoms with Crippen LogP contribution in [0.2, 0.25) is 0 Å². The van der Waals surface area contributed by atoms with Crippen molar-refractivity contribution < 1.29 is 4.39 Å². The number of rotatable bonds is 3. The lowest BCUT2D eigenvalue weighted by Gasteiger charge is -2.43. The second kappa shape index (κ2) is 5.06. The maximum Gasteiger partial charge on any atom is 0.126 e. The zero-order valence-electron chi connectivity index (χ0n) is 10.5. The van der Waals surface area contributed by atoms with Crippen molar-refractivity contribution in [2.45, 2.75) is 11.8 Å². The lowest BCUT2D eigenvalue weighted by molar-refractivity contribution is 0.272. The molecule has 0 aliphatic carbocycles. The summed E-state index contributed by atoms with van der Waals surface area (Å²) in [6.07, 6.45) is 0.739. The summed E-state index contributed by atoms with van der Waals surface area (Å²) in [4.78, 5) is 0. The van der Waals surface area contributed by atoms with Gasteiger partial charge < -0.3 is 5.32 Å². The van der Waals surface area contributed by atoms with Gasteiger partial charge in [-0.3, -0.25) is 0 Å². The summed E-state index contributed by atoms with van der Waals surface area (Å²) in [5, 5.41) is 3.32. The fourth-order valence-electron chi connectivity index (χ4n) is 2.68. The Kier molecular flexibility index (Phi) is 3.42. The second-order valence-corrected chi connectivity index (χ2v) is 6.08. The van der Waals surface area contributed by atoms with Gasteiger partial charge in [0.1, 0.15) is 5.82 Å². The third-order valence-corrected chi connectivity index (χ3v) is 4.34.